The van der Waals surface area contributed by atoms with Crippen LogP contribution >= 0.6 is 0 Å². The Balaban J connectivity index is 2.35. The zero-order valence-corrected chi connectivity index (χ0v) is 11.8. The van der Waals surface area contributed by atoms with Crippen molar-refractivity contribution in [2.75, 3.05) is 13.2 Å². The van der Waals surface area contributed by atoms with Crippen molar-refractivity contribution in [2.24, 2.45) is 5.73 Å². The number of hydrogen-bond acceptors (Lipinski definition) is 3. The van der Waals surface area contributed by atoms with Crippen molar-refractivity contribution in [3.05, 3.63) is 35.9 Å². The minimum atomic E-state index is -0.633. The zero-order chi connectivity index (χ0) is 14.8. The van der Waals surface area contributed by atoms with Gasteiger partial charge >= 0.3 is 0 Å². The number of nitrogens with two attached hydrogens (primary N) is 1. The highest BCUT2D eigenvalue weighted by Crippen LogP contribution is 2.06. The molecule has 0 saturated carbocycles. The topological polar surface area (TPSA) is 81.4 Å². The highest BCUT2D eigenvalue weighted by molar-refractivity contribution is 5.86. The monoisotopic (exact) mass is 278 g/mol. The molecule has 20 heavy (non-hydrogen) atoms. The number of carbonyl (C=O) groups is 2. The molecule has 5 heteroatoms. The van der Waals surface area contributed by atoms with Crippen LogP contribution in [-0.2, 0) is 20.7 Å². The Hall–Kier alpha value is -1.88. The van der Waals surface area contributed by atoms with Crippen molar-refractivity contribution in [3.8, 4) is 0 Å². The third-order valence-corrected chi connectivity index (χ3v) is 2.92. The molecule has 1 rings (SSSR count). The van der Waals surface area contributed by atoms with Gasteiger partial charge in [-0.1, -0.05) is 30.3 Å². The summed E-state index contributed by atoms with van der Waals surface area (Å²) in [4.78, 5) is 22.8. The summed E-state index contributed by atoms with van der Waals surface area (Å²) in [5.41, 5.74) is 6.50. The summed E-state index contributed by atoms with van der Waals surface area (Å²) in [7, 11) is 0. The molecule has 1 aromatic rings. The van der Waals surface area contributed by atoms with Crippen molar-refractivity contribution in [2.45, 2.75) is 32.2 Å². The number of benzene rings is 1. The van der Waals surface area contributed by atoms with Crippen LogP contribution in [-0.4, -0.2) is 31.1 Å². The maximum absolute atomic E-state index is 11.5. The van der Waals surface area contributed by atoms with Gasteiger partial charge in [0.2, 0.25) is 11.8 Å². The molecule has 0 aromatic heterocycles. The van der Waals surface area contributed by atoms with E-state index in [0.29, 0.717) is 13.0 Å². The first-order chi connectivity index (χ1) is 9.63. The van der Waals surface area contributed by atoms with Crippen LogP contribution in [0, 0.1) is 0 Å². The van der Waals surface area contributed by atoms with Gasteiger partial charge in [-0.25, -0.2) is 0 Å². The van der Waals surface area contributed by atoms with E-state index in [2.05, 4.69) is 5.32 Å². The van der Waals surface area contributed by atoms with Crippen LogP contribution in [0.1, 0.15) is 25.3 Å². The fourth-order valence-corrected chi connectivity index (χ4v) is 1.87. The van der Waals surface area contributed by atoms with Crippen molar-refractivity contribution in [3.63, 3.8) is 0 Å². The third kappa shape index (κ3) is 6.33. The molecule has 0 saturated heterocycles. The lowest BCUT2D eigenvalue weighted by molar-refractivity contribution is -0.130. The Morgan fingerprint density at radius 1 is 1.30 bits per heavy atom. The average Bonchev–Trinajstić information content (AvgIpc) is 2.45. The molecule has 0 aliphatic heterocycles. The molecule has 0 aliphatic carbocycles. The summed E-state index contributed by atoms with van der Waals surface area (Å²) in [5, 5.41) is 2.60. The molecule has 3 N–H and O–H groups in total. The molecule has 0 bridgehead atoms. The maximum Gasteiger partial charge on any atom is 0.246 e. The fourth-order valence-electron chi connectivity index (χ4n) is 1.87. The van der Waals surface area contributed by atoms with Crippen LogP contribution in [0.5, 0.6) is 0 Å². The van der Waals surface area contributed by atoms with Crippen molar-refractivity contribution in [1.29, 1.82) is 0 Å². The lowest BCUT2D eigenvalue weighted by Crippen LogP contribution is -2.45. The summed E-state index contributed by atoms with van der Waals surface area (Å²) < 4.78 is 4.99. The maximum atomic E-state index is 11.5. The number of ether oxygens (including phenoxy) is 1. The number of carbonyl (C=O) groups excluding carboxylic acids is 2. The van der Waals surface area contributed by atoms with E-state index < -0.39 is 11.9 Å². The number of aryl methyl sites for hydroxylation is 1. The molecule has 0 aliphatic rings. The van der Waals surface area contributed by atoms with E-state index >= 15 is 0 Å². The van der Waals surface area contributed by atoms with Crippen LogP contribution in [0.15, 0.2) is 30.3 Å². The van der Waals surface area contributed by atoms with Gasteiger partial charge in [-0.15, -0.1) is 0 Å². The molecule has 5 nitrogen and oxygen atoms in total. The Bertz CT molecular complexity index is 420. The van der Waals surface area contributed by atoms with E-state index in [9.17, 15) is 9.59 Å². The van der Waals surface area contributed by atoms with Gasteiger partial charge in [0.1, 0.15) is 12.6 Å². The first kappa shape index (κ1) is 16.2. The Labute approximate surface area is 119 Å². The minimum Gasteiger partial charge on any atom is -0.372 e. The predicted molar refractivity (Wildman–Crippen MR) is 77.0 cm³/mol. The highest BCUT2D eigenvalue weighted by atomic mass is 16.5. The molecule has 2 amide bonds. The summed E-state index contributed by atoms with van der Waals surface area (Å²) in [6.45, 7) is 2.22. The van der Waals surface area contributed by atoms with E-state index in [1.54, 1.807) is 6.92 Å². The zero-order valence-electron chi connectivity index (χ0n) is 11.8. The van der Waals surface area contributed by atoms with E-state index in [-0.39, 0.29) is 12.5 Å². The van der Waals surface area contributed by atoms with Crippen LogP contribution in [0.2, 0.25) is 0 Å². The minimum absolute atomic E-state index is 0.0427. The third-order valence-electron chi connectivity index (χ3n) is 2.92. The van der Waals surface area contributed by atoms with Gasteiger partial charge in [0.05, 0.1) is 0 Å². The summed E-state index contributed by atoms with van der Waals surface area (Å²) >= 11 is 0. The van der Waals surface area contributed by atoms with Gasteiger partial charge in [-0.3, -0.25) is 9.59 Å². The van der Waals surface area contributed by atoms with Crippen molar-refractivity contribution >= 4 is 11.8 Å². The Morgan fingerprint density at radius 3 is 2.60 bits per heavy atom. The normalized spacial score (nSPS) is 11.8. The predicted octanol–water partition coefficient (Wildman–Crippen LogP) is 1.02. The summed E-state index contributed by atoms with van der Waals surface area (Å²) in [6.07, 6.45) is 2.17. The van der Waals surface area contributed by atoms with Crippen LogP contribution in [0.3, 0.4) is 0 Å². The van der Waals surface area contributed by atoms with Crippen LogP contribution < -0.4 is 11.1 Å². The summed E-state index contributed by atoms with van der Waals surface area (Å²) in [6, 6.07) is 9.35. The van der Waals surface area contributed by atoms with E-state index in [1.165, 1.54) is 5.56 Å². The van der Waals surface area contributed by atoms with E-state index in [0.717, 1.165) is 12.8 Å². The SMILES string of the molecule is CCOCC(=O)N[C@@H](CCCc1ccccc1)C(N)=O. The second kappa shape index (κ2) is 9.09. The number of amides is 2. The lowest BCUT2D eigenvalue weighted by Gasteiger charge is -2.15. The van der Waals surface area contributed by atoms with Crippen molar-refractivity contribution < 1.29 is 14.3 Å². The number of primary amides is 1. The molecule has 0 heterocycles. The molecule has 1 aromatic carbocycles. The van der Waals surface area contributed by atoms with Gasteiger partial charge in [0.15, 0.2) is 0 Å². The molecule has 0 radical (unpaired) electrons. The number of nitrogens with one attached hydrogen (secondary N) is 1. The van der Waals surface area contributed by atoms with Gasteiger partial charge in [-0.05, 0) is 31.7 Å². The quantitative estimate of drug-likeness (QED) is 0.707. The van der Waals surface area contributed by atoms with Crippen LogP contribution in [0.4, 0.5) is 0 Å². The van der Waals surface area contributed by atoms with E-state index in [4.69, 9.17) is 10.5 Å². The molecule has 0 spiro atoms. The largest absolute Gasteiger partial charge is 0.372 e. The highest BCUT2D eigenvalue weighted by Gasteiger charge is 2.17. The smallest absolute Gasteiger partial charge is 0.246 e. The van der Waals surface area contributed by atoms with Crippen LogP contribution in [0.25, 0.3) is 0 Å². The first-order valence-corrected chi connectivity index (χ1v) is 6.83. The second-order valence-electron chi connectivity index (χ2n) is 4.54. The number of hydrogen-bond donors (Lipinski definition) is 2. The number of rotatable bonds is 9. The first-order valence-electron chi connectivity index (χ1n) is 6.83. The van der Waals surface area contributed by atoms with Gasteiger partial charge < -0.3 is 15.8 Å². The van der Waals surface area contributed by atoms with E-state index in [1.807, 2.05) is 30.3 Å². The molecular formula is C15H22N2O3. The second-order valence-corrected chi connectivity index (χ2v) is 4.54. The standard InChI is InChI=1S/C15H22N2O3/c1-2-20-11-14(18)17-13(15(16)19)10-6-9-12-7-4-3-5-8-12/h3-5,7-8,13H,2,6,9-11H2,1H3,(H2,16,19)(H,17,18)/t13-/m0/s1. The van der Waals surface area contributed by atoms with Gasteiger partial charge in [0, 0.05) is 6.61 Å². The summed E-state index contributed by atoms with van der Waals surface area (Å²) in [5.74, 6) is -0.821. The Kier molecular flexibility index (Phi) is 7.35. The molecule has 1 atom stereocenters. The lowest BCUT2D eigenvalue weighted by atomic mass is 10.0. The average molecular weight is 278 g/mol. The van der Waals surface area contributed by atoms with Crippen molar-refractivity contribution in [1.82, 2.24) is 5.32 Å². The molecule has 0 fully saturated rings. The molecule has 0 unspecified atom stereocenters. The van der Waals surface area contributed by atoms with Gasteiger partial charge in [-0.2, -0.15) is 0 Å². The molecule has 110 valence electrons. The van der Waals surface area contributed by atoms with Gasteiger partial charge in [0.25, 0.3) is 0 Å². The fraction of sp³-hybridized carbons (Fsp3) is 0.467. The Morgan fingerprint density at radius 2 is 2.00 bits per heavy atom. The molecular weight excluding hydrogens is 256 g/mol.